The summed E-state index contributed by atoms with van der Waals surface area (Å²) in [5.74, 6) is 0.0439. The van der Waals surface area contributed by atoms with Gasteiger partial charge >= 0.3 is 18.3 Å². The van der Waals surface area contributed by atoms with Crippen molar-refractivity contribution in [3.05, 3.63) is 42.0 Å². The Labute approximate surface area is 291 Å². The molecular formula is C37H46FN5O7. The molecule has 1 aromatic carbocycles. The number of fused-ring (bicyclic) bond motifs is 2. The van der Waals surface area contributed by atoms with Gasteiger partial charge in [0.05, 0.1) is 6.54 Å². The number of nitrogens with one attached hydrogen (secondary N) is 1. The standard InChI is InChI=1S/C37H46FN5O7/c1-21-20-43(34(46)50-36(6,7)8)30-22(2)27(19-40-31(30)47-21)26-13-23-15-29(39-18-24(23)14-28(26)38)41-32(44)48-25-16-37(17-25)9-11-42(12-10-37)33(45)49-35(3,4)5/h13-15,18-19,21,25H,9-12,16-17,20H2,1-8H3,(H,39,41,44). The molecule has 3 aliphatic rings. The minimum atomic E-state index is -0.711. The van der Waals surface area contributed by atoms with Crippen molar-refractivity contribution < 1.29 is 37.7 Å². The molecule has 50 heavy (non-hydrogen) atoms. The van der Waals surface area contributed by atoms with Gasteiger partial charge in [0.25, 0.3) is 0 Å². The molecule has 3 aromatic rings. The quantitative estimate of drug-likeness (QED) is 0.271. The van der Waals surface area contributed by atoms with E-state index in [1.165, 1.54) is 23.4 Å². The molecule has 0 radical (unpaired) electrons. The maximum absolute atomic E-state index is 15.6. The average molecular weight is 692 g/mol. The first-order chi connectivity index (χ1) is 23.4. The van der Waals surface area contributed by atoms with Crippen LogP contribution in [0.2, 0.25) is 0 Å². The van der Waals surface area contributed by atoms with Crippen LogP contribution in [-0.2, 0) is 14.2 Å². The second-order valence-corrected chi connectivity index (χ2v) is 15.7. The highest BCUT2D eigenvalue weighted by molar-refractivity contribution is 5.95. The van der Waals surface area contributed by atoms with Crippen molar-refractivity contribution >= 4 is 40.6 Å². The summed E-state index contributed by atoms with van der Waals surface area (Å²) in [5, 5.41) is 3.89. The number of piperidine rings is 1. The van der Waals surface area contributed by atoms with Crippen molar-refractivity contribution in [2.75, 3.05) is 29.9 Å². The van der Waals surface area contributed by atoms with Gasteiger partial charge in [-0.2, -0.15) is 0 Å². The number of carbonyl (C=O) groups is 3. The number of carbonyl (C=O) groups excluding carboxylic acids is 3. The Bertz CT molecular complexity index is 1820. The first kappa shape index (κ1) is 35.2. The van der Waals surface area contributed by atoms with E-state index >= 15 is 4.39 Å². The lowest BCUT2D eigenvalue weighted by Gasteiger charge is -2.51. The Balaban J connectivity index is 1.13. The summed E-state index contributed by atoms with van der Waals surface area (Å²) in [6.07, 6.45) is 4.19. The molecule has 1 N–H and O–H groups in total. The summed E-state index contributed by atoms with van der Waals surface area (Å²) in [6, 6.07) is 4.71. The first-order valence-electron chi connectivity index (χ1n) is 17.1. The van der Waals surface area contributed by atoms with Gasteiger partial charge in [0.2, 0.25) is 5.88 Å². The third-order valence-electron chi connectivity index (χ3n) is 9.31. The normalized spacial score (nSPS) is 18.9. The first-order valence-corrected chi connectivity index (χ1v) is 17.1. The fraction of sp³-hybridized carbons (Fsp3) is 0.541. The molecule has 2 fully saturated rings. The fourth-order valence-corrected chi connectivity index (χ4v) is 6.92. The summed E-state index contributed by atoms with van der Waals surface area (Å²) in [6.45, 7) is 16.1. The van der Waals surface area contributed by atoms with Crippen LogP contribution in [0.4, 0.5) is 30.3 Å². The highest BCUT2D eigenvalue weighted by Crippen LogP contribution is 2.50. The van der Waals surface area contributed by atoms with Crippen LogP contribution >= 0.6 is 0 Å². The van der Waals surface area contributed by atoms with E-state index in [0.717, 1.165) is 25.7 Å². The van der Waals surface area contributed by atoms with Gasteiger partial charge in [-0.25, -0.2) is 28.7 Å². The minimum absolute atomic E-state index is 0.0586. The number of hydrogen-bond donors (Lipinski definition) is 1. The van der Waals surface area contributed by atoms with E-state index in [9.17, 15) is 14.4 Å². The van der Waals surface area contributed by atoms with Crippen molar-refractivity contribution in [2.45, 2.75) is 104 Å². The maximum Gasteiger partial charge on any atom is 0.415 e. The molecule has 3 amide bonds. The van der Waals surface area contributed by atoms with Crippen LogP contribution in [-0.4, -0.2) is 76.2 Å². The Morgan fingerprint density at radius 1 is 0.920 bits per heavy atom. The Kier molecular flexibility index (Phi) is 9.06. The van der Waals surface area contributed by atoms with Crippen LogP contribution in [0, 0.1) is 18.2 Å². The number of anilines is 2. The van der Waals surface area contributed by atoms with Crippen molar-refractivity contribution in [1.29, 1.82) is 0 Å². The molecule has 1 saturated heterocycles. The van der Waals surface area contributed by atoms with Gasteiger partial charge in [-0.3, -0.25) is 10.2 Å². The number of benzene rings is 1. The monoisotopic (exact) mass is 691 g/mol. The lowest BCUT2D eigenvalue weighted by Crippen LogP contribution is -2.52. The van der Waals surface area contributed by atoms with E-state index in [1.807, 2.05) is 27.7 Å². The van der Waals surface area contributed by atoms with Gasteiger partial charge in [-0.1, -0.05) is 0 Å². The molecule has 0 bridgehead atoms. The molecule has 268 valence electrons. The number of ether oxygens (including phenoxy) is 4. The second-order valence-electron chi connectivity index (χ2n) is 15.7. The van der Waals surface area contributed by atoms with Crippen LogP contribution in [0.25, 0.3) is 21.9 Å². The zero-order chi connectivity index (χ0) is 36.2. The van der Waals surface area contributed by atoms with Crippen molar-refractivity contribution in [2.24, 2.45) is 5.41 Å². The van der Waals surface area contributed by atoms with E-state index < -0.39 is 29.2 Å². The number of amides is 3. The summed E-state index contributed by atoms with van der Waals surface area (Å²) in [5.41, 5.74) is 0.603. The van der Waals surface area contributed by atoms with Gasteiger partial charge in [-0.05, 0) is 116 Å². The predicted octanol–water partition coefficient (Wildman–Crippen LogP) is 7.99. The van der Waals surface area contributed by atoms with Crippen molar-refractivity contribution in [3.63, 3.8) is 0 Å². The number of nitrogens with zero attached hydrogens (tertiary/aromatic N) is 4. The summed E-state index contributed by atoms with van der Waals surface area (Å²) >= 11 is 0. The molecule has 1 unspecified atom stereocenters. The van der Waals surface area contributed by atoms with Gasteiger partial charge in [0.15, 0.2) is 0 Å². The highest BCUT2D eigenvalue weighted by Gasteiger charge is 2.48. The largest absolute Gasteiger partial charge is 0.471 e. The topological polar surface area (TPSA) is 132 Å². The third kappa shape index (κ3) is 7.56. The van der Waals surface area contributed by atoms with Gasteiger partial charge in [-0.15, -0.1) is 0 Å². The van der Waals surface area contributed by atoms with E-state index in [2.05, 4.69) is 15.3 Å². The molecular weight excluding hydrogens is 645 g/mol. The number of rotatable bonds is 3. The maximum atomic E-state index is 15.6. The lowest BCUT2D eigenvalue weighted by atomic mass is 9.61. The Hall–Kier alpha value is -4.68. The number of halogens is 1. The molecule has 2 aliphatic heterocycles. The Morgan fingerprint density at radius 2 is 1.58 bits per heavy atom. The molecule has 13 heteroatoms. The molecule has 4 heterocycles. The fourth-order valence-electron chi connectivity index (χ4n) is 6.92. The van der Waals surface area contributed by atoms with E-state index in [4.69, 9.17) is 18.9 Å². The molecule has 1 saturated carbocycles. The smallest absolute Gasteiger partial charge is 0.415 e. The zero-order valence-electron chi connectivity index (χ0n) is 30.0. The van der Waals surface area contributed by atoms with Gasteiger partial charge < -0.3 is 23.8 Å². The van der Waals surface area contributed by atoms with E-state index in [-0.39, 0.29) is 47.5 Å². The van der Waals surface area contributed by atoms with Gasteiger partial charge in [0.1, 0.15) is 40.7 Å². The van der Waals surface area contributed by atoms with Crippen LogP contribution in [0.3, 0.4) is 0 Å². The third-order valence-corrected chi connectivity index (χ3v) is 9.31. The zero-order valence-corrected chi connectivity index (χ0v) is 30.0. The van der Waals surface area contributed by atoms with Crippen LogP contribution in [0.15, 0.2) is 30.6 Å². The Morgan fingerprint density at radius 3 is 2.24 bits per heavy atom. The van der Waals surface area contributed by atoms with Crippen molar-refractivity contribution in [3.8, 4) is 17.0 Å². The van der Waals surface area contributed by atoms with Crippen LogP contribution < -0.4 is 15.0 Å². The summed E-state index contributed by atoms with van der Waals surface area (Å²) < 4.78 is 38.4. The molecule has 6 rings (SSSR count). The minimum Gasteiger partial charge on any atom is -0.471 e. The number of pyridine rings is 2. The predicted molar refractivity (Wildman–Crippen MR) is 186 cm³/mol. The average Bonchev–Trinajstić information content (AvgIpc) is 2.98. The molecule has 1 spiro atoms. The van der Waals surface area contributed by atoms with Crippen LogP contribution in [0.5, 0.6) is 5.88 Å². The second kappa shape index (κ2) is 12.9. The van der Waals surface area contributed by atoms with Gasteiger partial charge in [0, 0.05) is 42.0 Å². The number of hydrogen-bond acceptors (Lipinski definition) is 9. The molecule has 1 atom stereocenters. The molecule has 1 aliphatic carbocycles. The van der Waals surface area contributed by atoms with E-state index in [0.29, 0.717) is 40.7 Å². The summed E-state index contributed by atoms with van der Waals surface area (Å²) in [4.78, 5) is 50.5. The highest BCUT2D eigenvalue weighted by atomic mass is 19.1. The lowest BCUT2D eigenvalue weighted by molar-refractivity contribution is -0.0717. The number of aromatic nitrogens is 2. The van der Waals surface area contributed by atoms with E-state index in [1.54, 1.807) is 44.7 Å². The number of likely N-dealkylation sites (tertiary alicyclic amines) is 1. The summed E-state index contributed by atoms with van der Waals surface area (Å²) in [7, 11) is 0. The SMILES string of the molecule is Cc1c(-c2cc3cc(NC(=O)OC4CC5(CCN(C(=O)OC(C)(C)C)CC5)C4)ncc3cc2F)cnc2c1N(C(=O)OC(C)(C)C)CC(C)O2. The molecule has 12 nitrogen and oxygen atoms in total. The molecule has 2 aromatic heterocycles. The van der Waals surface area contributed by atoms with Crippen LogP contribution in [0.1, 0.15) is 79.7 Å². The van der Waals surface area contributed by atoms with Crippen molar-refractivity contribution in [1.82, 2.24) is 14.9 Å².